The van der Waals surface area contributed by atoms with E-state index in [9.17, 15) is 4.79 Å². The molecular weight excluding hydrogens is 412 g/mol. The molecule has 0 spiro atoms. The minimum atomic E-state index is 0.0841. The number of carbonyl (C=O) groups excluding carboxylic acids is 1. The molecule has 1 amide bonds. The van der Waals surface area contributed by atoms with E-state index in [0.717, 1.165) is 67.5 Å². The van der Waals surface area contributed by atoms with Crippen LogP contribution in [0.25, 0.3) is 5.69 Å². The Labute approximate surface area is 196 Å². The summed E-state index contributed by atoms with van der Waals surface area (Å²) in [6, 6.07) is 14.4. The van der Waals surface area contributed by atoms with Crippen molar-refractivity contribution in [3.8, 4) is 5.69 Å². The summed E-state index contributed by atoms with van der Waals surface area (Å²) in [6.07, 6.45) is 4.51. The lowest BCUT2D eigenvalue weighted by atomic mass is 10.1. The first-order chi connectivity index (χ1) is 16.0. The maximum absolute atomic E-state index is 13.8. The lowest BCUT2D eigenvalue weighted by Crippen LogP contribution is -2.39. The molecule has 3 heterocycles. The number of rotatable bonds is 8. The molecule has 0 N–H and O–H groups in total. The number of pyridine rings is 1. The van der Waals surface area contributed by atoms with Crippen LogP contribution in [0.5, 0.6) is 0 Å². The van der Waals surface area contributed by atoms with Crippen molar-refractivity contribution in [1.29, 1.82) is 0 Å². The highest BCUT2D eigenvalue weighted by Crippen LogP contribution is 2.23. The molecule has 0 bridgehead atoms. The van der Waals surface area contributed by atoms with Crippen LogP contribution in [0.4, 0.5) is 0 Å². The Balaban J connectivity index is 1.55. The van der Waals surface area contributed by atoms with Crippen LogP contribution in [0.3, 0.4) is 0 Å². The van der Waals surface area contributed by atoms with Crippen LogP contribution in [0.2, 0.25) is 0 Å². The summed E-state index contributed by atoms with van der Waals surface area (Å²) in [5.41, 5.74) is 6.22. The predicted octanol–water partition coefficient (Wildman–Crippen LogP) is 4.16. The fourth-order valence-electron chi connectivity index (χ4n) is 4.58. The van der Waals surface area contributed by atoms with Gasteiger partial charge in [-0.25, -0.2) is 0 Å². The highest BCUT2D eigenvalue weighted by molar-refractivity contribution is 5.96. The first-order valence-corrected chi connectivity index (χ1v) is 11.8. The molecule has 0 unspecified atom stereocenters. The van der Waals surface area contributed by atoms with E-state index < -0.39 is 0 Å². The molecule has 6 nitrogen and oxygen atoms in total. The maximum atomic E-state index is 13.8. The minimum absolute atomic E-state index is 0.0841. The molecule has 1 aliphatic rings. The average Bonchev–Trinajstić information content (AvgIpc) is 3.13. The molecule has 0 atom stereocenters. The fraction of sp³-hybridized carbons (Fsp3) is 0.407. The first kappa shape index (κ1) is 23.2. The average molecular weight is 447 g/mol. The molecule has 6 heteroatoms. The van der Waals surface area contributed by atoms with Crippen LogP contribution in [-0.4, -0.2) is 64.7 Å². The third-order valence-electron chi connectivity index (χ3n) is 6.34. The maximum Gasteiger partial charge on any atom is 0.255 e. The summed E-state index contributed by atoms with van der Waals surface area (Å²) >= 11 is 0. The van der Waals surface area contributed by atoms with Crippen LogP contribution in [0.15, 0.2) is 54.9 Å². The van der Waals surface area contributed by atoms with E-state index in [1.54, 1.807) is 12.4 Å². The Morgan fingerprint density at radius 2 is 1.82 bits per heavy atom. The van der Waals surface area contributed by atoms with Crippen LogP contribution in [0.1, 0.15) is 39.3 Å². The molecule has 1 fully saturated rings. The van der Waals surface area contributed by atoms with Crippen LogP contribution < -0.4 is 0 Å². The second kappa shape index (κ2) is 10.8. The van der Waals surface area contributed by atoms with Gasteiger partial charge in [0, 0.05) is 62.2 Å². The van der Waals surface area contributed by atoms with Gasteiger partial charge in [0.05, 0.1) is 18.8 Å². The number of nitrogens with zero attached hydrogens (tertiary/aromatic N) is 4. The number of hydrogen-bond acceptors (Lipinski definition) is 4. The van der Waals surface area contributed by atoms with Crippen LogP contribution in [-0.2, 0) is 11.3 Å². The summed E-state index contributed by atoms with van der Waals surface area (Å²) in [7, 11) is 0. The highest BCUT2D eigenvalue weighted by Gasteiger charge is 2.22. The van der Waals surface area contributed by atoms with Gasteiger partial charge in [-0.15, -0.1) is 0 Å². The second-order valence-electron chi connectivity index (χ2n) is 8.85. The van der Waals surface area contributed by atoms with Gasteiger partial charge in [-0.05, 0) is 68.7 Å². The third-order valence-corrected chi connectivity index (χ3v) is 6.34. The Morgan fingerprint density at radius 3 is 2.55 bits per heavy atom. The zero-order chi connectivity index (χ0) is 23.2. The number of morpholine rings is 1. The lowest BCUT2D eigenvalue weighted by Gasteiger charge is -2.28. The number of hydrogen-bond donors (Lipinski definition) is 0. The number of aryl methyl sites for hydroxylation is 2. The summed E-state index contributed by atoms with van der Waals surface area (Å²) in [4.78, 5) is 22.3. The smallest absolute Gasteiger partial charge is 0.255 e. The van der Waals surface area contributed by atoms with E-state index in [2.05, 4.69) is 52.6 Å². The minimum Gasteiger partial charge on any atom is -0.379 e. The van der Waals surface area contributed by atoms with E-state index in [1.807, 2.05) is 30.0 Å². The number of carbonyl (C=O) groups is 1. The molecule has 0 saturated carbocycles. The van der Waals surface area contributed by atoms with Gasteiger partial charge in [0.25, 0.3) is 5.91 Å². The number of amides is 1. The summed E-state index contributed by atoms with van der Waals surface area (Å²) in [6.45, 7) is 12.0. The number of aromatic nitrogens is 2. The van der Waals surface area contributed by atoms with Crippen LogP contribution in [0, 0.1) is 20.8 Å². The monoisotopic (exact) mass is 446 g/mol. The lowest BCUT2D eigenvalue weighted by molar-refractivity contribution is 0.0355. The molecule has 174 valence electrons. The van der Waals surface area contributed by atoms with Crippen molar-refractivity contribution in [3.63, 3.8) is 0 Å². The van der Waals surface area contributed by atoms with Crippen molar-refractivity contribution >= 4 is 5.91 Å². The quantitative estimate of drug-likeness (QED) is 0.521. The van der Waals surface area contributed by atoms with E-state index in [-0.39, 0.29) is 5.91 Å². The molecule has 33 heavy (non-hydrogen) atoms. The Bertz CT molecular complexity index is 1070. The van der Waals surface area contributed by atoms with Crippen molar-refractivity contribution in [3.05, 3.63) is 82.9 Å². The van der Waals surface area contributed by atoms with Gasteiger partial charge in [-0.1, -0.05) is 12.1 Å². The Kier molecular flexibility index (Phi) is 7.57. The highest BCUT2D eigenvalue weighted by atomic mass is 16.5. The summed E-state index contributed by atoms with van der Waals surface area (Å²) < 4.78 is 7.64. The van der Waals surface area contributed by atoms with E-state index in [1.165, 1.54) is 5.56 Å². The van der Waals surface area contributed by atoms with Gasteiger partial charge in [-0.2, -0.15) is 0 Å². The molecule has 3 aromatic rings. The van der Waals surface area contributed by atoms with Gasteiger partial charge < -0.3 is 14.2 Å². The molecule has 1 aromatic carbocycles. The molecule has 4 rings (SSSR count). The van der Waals surface area contributed by atoms with Gasteiger partial charge in [-0.3, -0.25) is 14.7 Å². The molecule has 1 aliphatic heterocycles. The normalized spacial score (nSPS) is 14.4. The SMILES string of the molecule is Cc1cccc(-n2c(C)cc(C(=O)N(CCCN3CCOCC3)Cc3ccncc3)c2C)c1. The van der Waals surface area contributed by atoms with Crippen molar-refractivity contribution in [2.45, 2.75) is 33.7 Å². The Morgan fingerprint density at radius 1 is 1.06 bits per heavy atom. The fourth-order valence-corrected chi connectivity index (χ4v) is 4.58. The van der Waals surface area contributed by atoms with Crippen molar-refractivity contribution < 1.29 is 9.53 Å². The molecule has 0 radical (unpaired) electrons. The summed E-state index contributed by atoms with van der Waals surface area (Å²) in [5.74, 6) is 0.0841. The second-order valence-corrected chi connectivity index (χ2v) is 8.85. The molecule has 1 saturated heterocycles. The van der Waals surface area contributed by atoms with Gasteiger partial charge >= 0.3 is 0 Å². The van der Waals surface area contributed by atoms with Crippen molar-refractivity contribution in [2.24, 2.45) is 0 Å². The third kappa shape index (κ3) is 5.70. The van der Waals surface area contributed by atoms with Gasteiger partial charge in [0.2, 0.25) is 0 Å². The van der Waals surface area contributed by atoms with E-state index >= 15 is 0 Å². The number of ether oxygens (including phenoxy) is 1. The van der Waals surface area contributed by atoms with Crippen molar-refractivity contribution in [1.82, 2.24) is 19.4 Å². The van der Waals surface area contributed by atoms with Gasteiger partial charge in [0.15, 0.2) is 0 Å². The summed E-state index contributed by atoms with van der Waals surface area (Å²) in [5, 5.41) is 0. The van der Waals surface area contributed by atoms with Crippen LogP contribution >= 0.6 is 0 Å². The molecule has 2 aromatic heterocycles. The first-order valence-electron chi connectivity index (χ1n) is 11.8. The number of benzene rings is 1. The zero-order valence-corrected chi connectivity index (χ0v) is 20.0. The standard InChI is InChI=1S/C27H34N4O2/c1-21-6-4-7-25(18-21)31-22(2)19-26(23(31)3)27(32)30(20-24-8-10-28-11-9-24)13-5-12-29-14-16-33-17-15-29/h4,6-11,18-19H,5,12-17,20H2,1-3H3. The van der Waals surface area contributed by atoms with E-state index in [0.29, 0.717) is 13.1 Å². The van der Waals surface area contributed by atoms with Crippen molar-refractivity contribution in [2.75, 3.05) is 39.4 Å². The van der Waals surface area contributed by atoms with Gasteiger partial charge in [0.1, 0.15) is 0 Å². The predicted molar refractivity (Wildman–Crippen MR) is 131 cm³/mol. The van der Waals surface area contributed by atoms with E-state index in [4.69, 9.17) is 4.74 Å². The Hall–Kier alpha value is -2.96. The molecular formula is C27H34N4O2. The molecule has 0 aliphatic carbocycles. The zero-order valence-electron chi connectivity index (χ0n) is 20.0. The largest absolute Gasteiger partial charge is 0.379 e. The topological polar surface area (TPSA) is 50.6 Å².